The van der Waals surface area contributed by atoms with E-state index < -0.39 is 0 Å². The summed E-state index contributed by atoms with van der Waals surface area (Å²) in [5, 5.41) is 2.99. The lowest BCUT2D eigenvalue weighted by Gasteiger charge is -2.34. The van der Waals surface area contributed by atoms with Crippen LogP contribution in [0.5, 0.6) is 0 Å². The SMILES string of the molecule is Cc1cc(N2CCN(C)CC2)ccc1NC(=O)c1ccc(N(C)C)nc1. The highest BCUT2D eigenvalue weighted by atomic mass is 16.1. The fraction of sp³-hybridized carbons (Fsp3) is 0.400. The molecule has 0 aliphatic carbocycles. The number of anilines is 3. The van der Waals surface area contributed by atoms with Crippen molar-refractivity contribution >= 4 is 23.1 Å². The van der Waals surface area contributed by atoms with Gasteiger partial charge in [-0.2, -0.15) is 0 Å². The first-order valence-electron chi connectivity index (χ1n) is 8.93. The summed E-state index contributed by atoms with van der Waals surface area (Å²) in [7, 11) is 6.00. The Hall–Kier alpha value is -2.60. The second-order valence-electron chi connectivity index (χ2n) is 7.04. The highest BCUT2D eigenvalue weighted by Crippen LogP contribution is 2.24. The van der Waals surface area contributed by atoms with Crippen LogP contribution in [0, 0.1) is 6.92 Å². The maximum atomic E-state index is 12.5. The maximum Gasteiger partial charge on any atom is 0.257 e. The number of piperazine rings is 1. The molecule has 3 rings (SSSR count). The Bertz CT molecular complexity index is 764. The molecule has 1 aliphatic heterocycles. The van der Waals surface area contributed by atoms with Gasteiger partial charge in [-0.25, -0.2) is 4.98 Å². The van der Waals surface area contributed by atoms with Crippen LogP contribution in [0.25, 0.3) is 0 Å². The molecule has 1 fully saturated rings. The summed E-state index contributed by atoms with van der Waals surface area (Å²) >= 11 is 0. The quantitative estimate of drug-likeness (QED) is 0.915. The molecular weight excluding hydrogens is 326 g/mol. The minimum atomic E-state index is -0.141. The minimum absolute atomic E-state index is 0.141. The molecule has 0 atom stereocenters. The lowest BCUT2D eigenvalue weighted by molar-refractivity contribution is 0.102. The lowest BCUT2D eigenvalue weighted by Crippen LogP contribution is -2.44. The van der Waals surface area contributed by atoms with E-state index in [1.165, 1.54) is 5.69 Å². The highest BCUT2D eigenvalue weighted by molar-refractivity contribution is 6.04. The maximum absolute atomic E-state index is 12.5. The summed E-state index contributed by atoms with van der Waals surface area (Å²) in [5.74, 6) is 0.688. The molecule has 2 heterocycles. The molecule has 1 aliphatic rings. The lowest BCUT2D eigenvalue weighted by atomic mass is 10.1. The first-order chi connectivity index (χ1) is 12.4. The van der Waals surface area contributed by atoms with E-state index >= 15 is 0 Å². The van der Waals surface area contributed by atoms with Gasteiger partial charge in [-0.3, -0.25) is 4.79 Å². The number of carbonyl (C=O) groups excluding carboxylic acids is 1. The molecule has 1 N–H and O–H groups in total. The molecule has 0 radical (unpaired) electrons. The fourth-order valence-corrected chi connectivity index (χ4v) is 3.03. The third kappa shape index (κ3) is 4.14. The second kappa shape index (κ2) is 7.74. The van der Waals surface area contributed by atoms with Crippen LogP contribution in [0.1, 0.15) is 15.9 Å². The molecule has 0 spiro atoms. The number of aryl methyl sites for hydroxylation is 1. The standard InChI is InChI=1S/C20H27N5O/c1-15-13-17(25-11-9-24(4)10-12-25)6-7-18(15)22-20(26)16-5-8-19(21-14-16)23(2)3/h5-8,13-14H,9-12H2,1-4H3,(H,22,26). The molecule has 1 aromatic carbocycles. The Morgan fingerprint density at radius 3 is 2.42 bits per heavy atom. The number of amides is 1. The summed E-state index contributed by atoms with van der Waals surface area (Å²) in [6, 6.07) is 9.86. The predicted octanol–water partition coefficient (Wildman–Crippen LogP) is 2.46. The van der Waals surface area contributed by atoms with Gasteiger partial charge in [0.05, 0.1) is 5.56 Å². The van der Waals surface area contributed by atoms with Crippen LogP contribution in [0.4, 0.5) is 17.2 Å². The Morgan fingerprint density at radius 1 is 1.12 bits per heavy atom. The van der Waals surface area contributed by atoms with E-state index in [9.17, 15) is 4.79 Å². The summed E-state index contributed by atoms with van der Waals surface area (Å²) in [6.45, 7) is 6.25. The van der Waals surface area contributed by atoms with Gasteiger partial charge in [-0.05, 0) is 49.9 Å². The van der Waals surface area contributed by atoms with Gasteiger partial charge < -0.3 is 20.0 Å². The van der Waals surface area contributed by atoms with Gasteiger partial charge in [0.25, 0.3) is 5.91 Å². The van der Waals surface area contributed by atoms with Crippen molar-refractivity contribution in [2.75, 3.05) is 62.4 Å². The Kier molecular flexibility index (Phi) is 5.42. The fourth-order valence-electron chi connectivity index (χ4n) is 3.03. The highest BCUT2D eigenvalue weighted by Gasteiger charge is 2.15. The molecule has 1 aromatic heterocycles. The number of carbonyl (C=O) groups is 1. The molecular formula is C20H27N5O. The van der Waals surface area contributed by atoms with Crippen LogP contribution in [-0.2, 0) is 0 Å². The van der Waals surface area contributed by atoms with Crippen LogP contribution in [0.15, 0.2) is 36.5 Å². The van der Waals surface area contributed by atoms with E-state index in [4.69, 9.17) is 0 Å². The van der Waals surface area contributed by atoms with E-state index in [0.29, 0.717) is 5.56 Å². The van der Waals surface area contributed by atoms with Gasteiger partial charge in [0.2, 0.25) is 0 Å². The van der Waals surface area contributed by atoms with Crippen molar-refractivity contribution in [2.45, 2.75) is 6.92 Å². The van der Waals surface area contributed by atoms with E-state index in [1.807, 2.05) is 38.1 Å². The number of hydrogen-bond acceptors (Lipinski definition) is 5. The van der Waals surface area contributed by atoms with E-state index in [1.54, 1.807) is 12.3 Å². The number of rotatable bonds is 4. The summed E-state index contributed by atoms with van der Waals surface area (Å²) in [4.78, 5) is 23.4. The van der Waals surface area contributed by atoms with Crippen LogP contribution in [-0.4, -0.2) is 63.1 Å². The summed E-state index contributed by atoms with van der Waals surface area (Å²) < 4.78 is 0. The van der Waals surface area contributed by atoms with Crippen molar-refractivity contribution in [2.24, 2.45) is 0 Å². The monoisotopic (exact) mass is 353 g/mol. The first kappa shape index (κ1) is 18.2. The van der Waals surface area contributed by atoms with Crippen molar-refractivity contribution in [3.63, 3.8) is 0 Å². The average molecular weight is 353 g/mol. The molecule has 138 valence electrons. The van der Waals surface area contributed by atoms with E-state index in [-0.39, 0.29) is 5.91 Å². The number of likely N-dealkylation sites (N-methyl/N-ethyl adjacent to an activating group) is 1. The zero-order valence-corrected chi connectivity index (χ0v) is 16.0. The molecule has 0 saturated carbocycles. The molecule has 2 aromatic rings. The van der Waals surface area contributed by atoms with Crippen molar-refractivity contribution in [1.82, 2.24) is 9.88 Å². The summed E-state index contributed by atoms with van der Waals surface area (Å²) in [6.07, 6.45) is 1.61. The zero-order chi connectivity index (χ0) is 18.7. The van der Waals surface area contributed by atoms with Crippen LogP contribution < -0.4 is 15.1 Å². The number of nitrogens with zero attached hydrogens (tertiary/aromatic N) is 4. The Labute approximate surface area is 155 Å². The summed E-state index contributed by atoms with van der Waals surface area (Å²) in [5.41, 5.74) is 3.67. The Balaban J connectivity index is 1.68. The number of nitrogens with one attached hydrogen (secondary N) is 1. The number of hydrogen-bond donors (Lipinski definition) is 1. The molecule has 0 unspecified atom stereocenters. The smallest absolute Gasteiger partial charge is 0.257 e. The molecule has 0 bridgehead atoms. The molecule has 6 heteroatoms. The average Bonchev–Trinajstić information content (AvgIpc) is 2.64. The van der Waals surface area contributed by atoms with E-state index in [0.717, 1.165) is 43.2 Å². The number of benzene rings is 1. The van der Waals surface area contributed by atoms with Crippen molar-refractivity contribution < 1.29 is 4.79 Å². The number of aromatic nitrogens is 1. The molecule has 26 heavy (non-hydrogen) atoms. The predicted molar refractivity (Wildman–Crippen MR) is 107 cm³/mol. The number of pyridine rings is 1. The van der Waals surface area contributed by atoms with Crippen molar-refractivity contribution in [1.29, 1.82) is 0 Å². The molecule has 1 amide bonds. The normalized spacial score (nSPS) is 15.0. The van der Waals surface area contributed by atoms with Gasteiger partial charge in [0, 0.05) is 57.8 Å². The largest absolute Gasteiger partial charge is 0.369 e. The van der Waals surface area contributed by atoms with Crippen molar-refractivity contribution in [3.05, 3.63) is 47.7 Å². The van der Waals surface area contributed by atoms with Crippen LogP contribution in [0.2, 0.25) is 0 Å². The second-order valence-corrected chi connectivity index (χ2v) is 7.04. The Morgan fingerprint density at radius 2 is 1.85 bits per heavy atom. The van der Waals surface area contributed by atoms with Gasteiger partial charge in [-0.15, -0.1) is 0 Å². The minimum Gasteiger partial charge on any atom is -0.369 e. The van der Waals surface area contributed by atoms with Crippen LogP contribution >= 0.6 is 0 Å². The zero-order valence-electron chi connectivity index (χ0n) is 16.0. The first-order valence-corrected chi connectivity index (χ1v) is 8.93. The van der Waals surface area contributed by atoms with Gasteiger partial charge in [0.15, 0.2) is 0 Å². The molecule has 1 saturated heterocycles. The third-order valence-corrected chi connectivity index (χ3v) is 4.79. The van der Waals surface area contributed by atoms with Crippen LogP contribution in [0.3, 0.4) is 0 Å². The molecule has 6 nitrogen and oxygen atoms in total. The third-order valence-electron chi connectivity index (χ3n) is 4.79. The topological polar surface area (TPSA) is 51.7 Å². The van der Waals surface area contributed by atoms with Gasteiger partial charge in [-0.1, -0.05) is 0 Å². The van der Waals surface area contributed by atoms with Gasteiger partial charge >= 0.3 is 0 Å². The van der Waals surface area contributed by atoms with Crippen molar-refractivity contribution in [3.8, 4) is 0 Å². The van der Waals surface area contributed by atoms with E-state index in [2.05, 4.69) is 39.3 Å². The van der Waals surface area contributed by atoms with Gasteiger partial charge in [0.1, 0.15) is 5.82 Å².